The number of cyclic esters (lactones) is 1. The van der Waals surface area contributed by atoms with Crippen molar-refractivity contribution in [3.63, 3.8) is 0 Å². The highest BCUT2D eigenvalue weighted by molar-refractivity contribution is 7.17. The summed E-state index contributed by atoms with van der Waals surface area (Å²) < 4.78 is 34.7. The number of carbonyl (C=O) groups is 2. The topological polar surface area (TPSA) is 128 Å². The van der Waals surface area contributed by atoms with Crippen LogP contribution >= 0.6 is 11.3 Å². The lowest BCUT2D eigenvalue weighted by atomic mass is 10.2. The number of benzene rings is 1. The normalized spacial score (nSPS) is 18.9. The lowest BCUT2D eigenvalue weighted by molar-refractivity contribution is -0.380. The van der Waals surface area contributed by atoms with Gasteiger partial charge in [0.2, 0.25) is 0 Å². The van der Waals surface area contributed by atoms with Crippen molar-refractivity contribution in [2.45, 2.75) is 6.10 Å². The predicted molar refractivity (Wildman–Crippen MR) is 113 cm³/mol. The quantitative estimate of drug-likeness (QED) is 0.486. The van der Waals surface area contributed by atoms with Crippen LogP contribution in [0.5, 0.6) is 0 Å². The number of nitrogens with one attached hydrogen (secondary N) is 1. The summed E-state index contributed by atoms with van der Waals surface area (Å²) in [5.74, 6) is -2.25. The number of thiophene rings is 1. The Morgan fingerprint density at radius 3 is 2.61 bits per heavy atom. The molecule has 0 spiro atoms. The Labute approximate surface area is 189 Å². The molecule has 2 aliphatic rings. The molecule has 2 aliphatic heterocycles. The Balaban J connectivity index is 1.48. The van der Waals surface area contributed by atoms with Gasteiger partial charge in [-0.3, -0.25) is 24.8 Å². The van der Waals surface area contributed by atoms with Crippen LogP contribution in [0.2, 0.25) is 0 Å². The highest BCUT2D eigenvalue weighted by atomic mass is 32.1. The zero-order valence-electron chi connectivity index (χ0n) is 17.1. The Morgan fingerprint density at radius 2 is 2.00 bits per heavy atom. The molecule has 1 aromatic heterocycles. The van der Waals surface area contributed by atoms with Gasteiger partial charge in [0, 0.05) is 37.8 Å². The molecule has 0 aliphatic carbocycles. The third-order valence-corrected chi connectivity index (χ3v) is 6.24. The molecule has 1 atom stereocenters. The number of hydrogen-bond acceptors (Lipinski definition) is 9. The minimum absolute atomic E-state index is 0.0286. The average Bonchev–Trinajstić information content (AvgIpc) is 3.34. The van der Waals surface area contributed by atoms with Crippen molar-refractivity contribution < 1.29 is 33.1 Å². The molecule has 176 valence electrons. The van der Waals surface area contributed by atoms with E-state index in [1.165, 1.54) is 22.0 Å². The first-order valence-electron chi connectivity index (χ1n) is 9.91. The maximum atomic E-state index is 14.9. The van der Waals surface area contributed by atoms with Gasteiger partial charge in [-0.2, -0.15) is 0 Å². The van der Waals surface area contributed by atoms with Crippen molar-refractivity contribution in [2.24, 2.45) is 0 Å². The number of carbonyl (C=O) groups excluding carboxylic acids is 2. The molecule has 0 radical (unpaired) electrons. The van der Waals surface area contributed by atoms with Gasteiger partial charge in [-0.15, -0.1) is 0 Å². The number of aliphatic hydroxyl groups is 1. The van der Waals surface area contributed by atoms with E-state index >= 15 is 0 Å². The molecule has 2 saturated heterocycles. The number of nitrogens with zero attached hydrogens (tertiary/aromatic N) is 4. The summed E-state index contributed by atoms with van der Waals surface area (Å²) in [6.07, 6.45) is -1.57. The summed E-state index contributed by atoms with van der Waals surface area (Å²) in [5.41, 5.74) is 2.54. The molecule has 11 nitrogen and oxygen atoms in total. The van der Waals surface area contributed by atoms with E-state index in [9.17, 15) is 28.5 Å². The Hall–Kier alpha value is -3.36. The largest absolute Gasteiger partial charge is 0.441 e. The van der Waals surface area contributed by atoms with Crippen LogP contribution in [0.1, 0.15) is 9.67 Å². The second-order valence-electron chi connectivity index (χ2n) is 7.30. The van der Waals surface area contributed by atoms with Gasteiger partial charge in [-0.1, -0.05) is 11.3 Å². The maximum Gasteiger partial charge on any atom is 0.414 e. The molecule has 14 heteroatoms. The standard InChI is InChI=1S/C19H19F2N5O6S/c20-13-7-11(24-9-12(10-27)32-19(24)29)8-14(21)17(13)23-4-3-22-25(6-5-23)18(28)15-1-2-16(33-15)26(30)31/h1-2,7-8,12,22,27H,3-6,9-10H2/t12-/m1/s1. The van der Waals surface area contributed by atoms with E-state index in [0.29, 0.717) is 0 Å². The smallest absolute Gasteiger partial charge is 0.414 e. The molecular weight excluding hydrogens is 464 g/mol. The van der Waals surface area contributed by atoms with Crippen molar-refractivity contribution in [3.8, 4) is 0 Å². The SMILES string of the molecule is O=C(c1ccc([N+](=O)[O-])s1)N1CCN(c2c(F)cc(N3C[C@H](CO)OC3=O)cc2F)CCN1. The number of hydrogen-bond donors (Lipinski definition) is 2. The fraction of sp³-hybridized carbons (Fsp3) is 0.368. The average molecular weight is 483 g/mol. The molecule has 1 aromatic carbocycles. The number of anilines is 2. The zero-order valence-corrected chi connectivity index (χ0v) is 17.9. The van der Waals surface area contributed by atoms with Crippen LogP contribution in [0.15, 0.2) is 24.3 Å². The number of hydrazine groups is 1. The molecule has 0 saturated carbocycles. The monoisotopic (exact) mass is 483 g/mol. The molecule has 0 bridgehead atoms. The highest BCUT2D eigenvalue weighted by Gasteiger charge is 2.33. The Morgan fingerprint density at radius 1 is 1.27 bits per heavy atom. The van der Waals surface area contributed by atoms with Crippen LogP contribution in [-0.4, -0.2) is 72.5 Å². The summed E-state index contributed by atoms with van der Waals surface area (Å²) in [5, 5.41) is 21.1. The summed E-state index contributed by atoms with van der Waals surface area (Å²) >= 11 is 0.745. The van der Waals surface area contributed by atoms with Crippen molar-refractivity contribution in [1.29, 1.82) is 0 Å². The van der Waals surface area contributed by atoms with Crippen LogP contribution < -0.4 is 15.2 Å². The lowest BCUT2D eigenvalue weighted by Gasteiger charge is -2.25. The number of rotatable bonds is 5. The first-order valence-corrected chi connectivity index (χ1v) is 10.7. The molecule has 2 N–H and O–H groups in total. The van der Waals surface area contributed by atoms with E-state index in [1.807, 2.05) is 0 Å². The van der Waals surface area contributed by atoms with E-state index in [4.69, 9.17) is 9.84 Å². The van der Waals surface area contributed by atoms with Crippen LogP contribution in [0, 0.1) is 21.7 Å². The van der Waals surface area contributed by atoms with Gasteiger partial charge in [-0.05, 0) is 6.07 Å². The van der Waals surface area contributed by atoms with E-state index in [1.54, 1.807) is 0 Å². The first-order chi connectivity index (χ1) is 15.8. The summed E-state index contributed by atoms with van der Waals surface area (Å²) in [6, 6.07) is 4.64. The second kappa shape index (κ2) is 9.25. The van der Waals surface area contributed by atoms with E-state index in [0.717, 1.165) is 28.4 Å². The minimum atomic E-state index is -0.890. The Kier molecular flexibility index (Phi) is 6.40. The number of aliphatic hydroxyl groups excluding tert-OH is 1. The fourth-order valence-electron chi connectivity index (χ4n) is 3.64. The Bertz CT molecular complexity index is 1080. The zero-order chi connectivity index (χ0) is 23.7. The molecule has 2 fully saturated rings. The van der Waals surface area contributed by atoms with E-state index in [2.05, 4.69) is 5.43 Å². The van der Waals surface area contributed by atoms with Crippen molar-refractivity contribution in [1.82, 2.24) is 10.4 Å². The summed E-state index contributed by atoms with van der Waals surface area (Å²) in [4.78, 5) is 37.5. The van der Waals surface area contributed by atoms with Gasteiger partial charge in [0.25, 0.3) is 5.91 Å². The minimum Gasteiger partial charge on any atom is -0.441 e. The van der Waals surface area contributed by atoms with Crippen LogP contribution in [-0.2, 0) is 4.74 Å². The molecule has 3 heterocycles. The van der Waals surface area contributed by atoms with Crippen molar-refractivity contribution >= 4 is 39.7 Å². The highest BCUT2D eigenvalue weighted by Crippen LogP contribution is 2.31. The molecule has 33 heavy (non-hydrogen) atoms. The van der Waals surface area contributed by atoms with E-state index < -0.39 is 41.3 Å². The van der Waals surface area contributed by atoms with Gasteiger partial charge in [-0.25, -0.2) is 19.0 Å². The molecule has 2 amide bonds. The predicted octanol–water partition coefficient (Wildman–Crippen LogP) is 1.72. The molecule has 2 aromatic rings. The van der Waals surface area contributed by atoms with Crippen LogP contribution in [0.3, 0.4) is 0 Å². The van der Waals surface area contributed by atoms with Gasteiger partial charge in [0.05, 0.1) is 30.3 Å². The van der Waals surface area contributed by atoms with Gasteiger partial charge < -0.3 is 14.7 Å². The van der Waals surface area contributed by atoms with E-state index in [-0.39, 0.29) is 54.0 Å². The number of ether oxygens (including phenoxy) is 1. The maximum absolute atomic E-state index is 14.9. The summed E-state index contributed by atoms with van der Waals surface area (Å²) in [7, 11) is 0. The van der Waals surface area contributed by atoms with Gasteiger partial charge in [0.1, 0.15) is 16.7 Å². The van der Waals surface area contributed by atoms with Gasteiger partial charge >= 0.3 is 11.1 Å². The summed E-state index contributed by atoms with van der Waals surface area (Å²) in [6.45, 7) is 0.106. The van der Waals surface area contributed by atoms with Crippen LogP contribution in [0.4, 0.5) is 30.0 Å². The first kappa shape index (κ1) is 22.8. The lowest BCUT2D eigenvalue weighted by Crippen LogP contribution is -2.43. The third kappa shape index (κ3) is 4.58. The third-order valence-electron chi connectivity index (χ3n) is 5.21. The second-order valence-corrected chi connectivity index (χ2v) is 8.37. The molecular formula is C19H19F2N5O6S. The number of halogens is 2. The van der Waals surface area contributed by atoms with Crippen LogP contribution in [0.25, 0.3) is 0 Å². The van der Waals surface area contributed by atoms with Crippen molar-refractivity contribution in [3.05, 3.63) is 50.9 Å². The number of amides is 2. The molecule has 0 unspecified atom stereocenters. The fourth-order valence-corrected chi connectivity index (χ4v) is 4.41. The molecule has 4 rings (SSSR count). The van der Waals surface area contributed by atoms with Crippen molar-refractivity contribution in [2.75, 3.05) is 49.1 Å². The number of nitro groups is 1. The van der Waals surface area contributed by atoms with Gasteiger partial charge in [0.15, 0.2) is 11.6 Å².